The van der Waals surface area contributed by atoms with Crippen LogP contribution in [0.2, 0.25) is 0 Å². The third-order valence-corrected chi connectivity index (χ3v) is 6.35. The number of anilines is 1. The Balaban J connectivity index is 1.51. The van der Waals surface area contributed by atoms with E-state index in [-0.39, 0.29) is 42.0 Å². The van der Waals surface area contributed by atoms with Crippen molar-refractivity contribution in [1.82, 2.24) is 10.2 Å². The van der Waals surface area contributed by atoms with Crippen molar-refractivity contribution in [3.05, 3.63) is 24.3 Å². The van der Waals surface area contributed by atoms with Crippen molar-refractivity contribution in [2.75, 3.05) is 31.6 Å². The molecule has 7 heteroatoms. The first-order valence-corrected chi connectivity index (χ1v) is 11.0. The third kappa shape index (κ3) is 4.94. The predicted octanol–water partition coefficient (Wildman–Crippen LogP) is 2.59. The number of rotatable bonds is 7. The van der Waals surface area contributed by atoms with Crippen LogP contribution in [0.5, 0.6) is 5.75 Å². The van der Waals surface area contributed by atoms with Gasteiger partial charge >= 0.3 is 0 Å². The SMILES string of the molecule is CCC(CC)C(=O)N1CCC(NC(=O)C2CC(=O)N(c3cccc(OC)c3)C2)CC1. The number of hydrogen-bond acceptors (Lipinski definition) is 4. The van der Waals surface area contributed by atoms with Crippen LogP contribution in [0, 0.1) is 11.8 Å². The van der Waals surface area contributed by atoms with Crippen LogP contribution in [0.3, 0.4) is 0 Å². The van der Waals surface area contributed by atoms with Crippen molar-refractivity contribution in [1.29, 1.82) is 0 Å². The summed E-state index contributed by atoms with van der Waals surface area (Å²) in [4.78, 5) is 41.4. The highest BCUT2D eigenvalue weighted by atomic mass is 16.5. The largest absolute Gasteiger partial charge is 0.497 e. The molecule has 2 aliphatic heterocycles. The molecule has 1 unspecified atom stereocenters. The fourth-order valence-electron chi connectivity index (χ4n) is 4.37. The van der Waals surface area contributed by atoms with Gasteiger partial charge in [-0.05, 0) is 37.8 Å². The molecule has 0 bridgehead atoms. The Labute approximate surface area is 178 Å². The van der Waals surface area contributed by atoms with Crippen LogP contribution in [-0.4, -0.2) is 55.4 Å². The molecule has 3 amide bonds. The maximum absolute atomic E-state index is 12.8. The maximum atomic E-state index is 12.8. The van der Waals surface area contributed by atoms with Crippen molar-refractivity contribution in [2.24, 2.45) is 11.8 Å². The quantitative estimate of drug-likeness (QED) is 0.742. The topological polar surface area (TPSA) is 79.0 Å². The molecule has 0 spiro atoms. The van der Waals surface area contributed by atoms with E-state index in [0.29, 0.717) is 25.4 Å². The summed E-state index contributed by atoms with van der Waals surface area (Å²) in [5, 5.41) is 3.11. The molecule has 0 saturated carbocycles. The monoisotopic (exact) mass is 415 g/mol. The van der Waals surface area contributed by atoms with Crippen molar-refractivity contribution in [3.63, 3.8) is 0 Å². The van der Waals surface area contributed by atoms with Crippen molar-refractivity contribution in [3.8, 4) is 5.75 Å². The van der Waals surface area contributed by atoms with Crippen LogP contribution in [0.1, 0.15) is 46.0 Å². The van der Waals surface area contributed by atoms with Gasteiger partial charge in [-0.15, -0.1) is 0 Å². The Morgan fingerprint density at radius 1 is 1.20 bits per heavy atom. The van der Waals surface area contributed by atoms with E-state index in [9.17, 15) is 14.4 Å². The number of nitrogens with zero attached hydrogens (tertiary/aromatic N) is 2. The molecule has 0 radical (unpaired) electrons. The molecule has 1 aromatic carbocycles. The molecular formula is C23H33N3O4. The second-order valence-corrected chi connectivity index (χ2v) is 8.23. The zero-order valence-corrected chi connectivity index (χ0v) is 18.2. The molecule has 164 valence electrons. The lowest BCUT2D eigenvalue weighted by atomic mass is 9.98. The maximum Gasteiger partial charge on any atom is 0.227 e. The molecular weight excluding hydrogens is 382 g/mol. The highest BCUT2D eigenvalue weighted by molar-refractivity contribution is 6.00. The first kappa shape index (κ1) is 22.1. The van der Waals surface area contributed by atoms with E-state index in [1.807, 2.05) is 29.2 Å². The summed E-state index contributed by atoms with van der Waals surface area (Å²) in [7, 11) is 1.59. The lowest BCUT2D eigenvalue weighted by molar-refractivity contribution is -0.137. The Kier molecular flexibility index (Phi) is 7.34. The van der Waals surface area contributed by atoms with E-state index in [1.165, 1.54) is 0 Å². The van der Waals surface area contributed by atoms with Gasteiger partial charge < -0.3 is 19.9 Å². The average Bonchev–Trinajstić information content (AvgIpc) is 3.17. The molecule has 1 N–H and O–H groups in total. The summed E-state index contributed by atoms with van der Waals surface area (Å²) >= 11 is 0. The van der Waals surface area contributed by atoms with Gasteiger partial charge in [-0.2, -0.15) is 0 Å². The number of ether oxygens (including phenoxy) is 1. The number of piperidine rings is 1. The second-order valence-electron chi connectivity index (χ2n) is 8.23. The Morgan fingerprint density at radius 2 is 1.90 bits per heavy atom. The van der Waals surface area contributed by atoms with Gasteiger partial charge in [0.25, 0.3) is 0 Å². The summed E-state index contributed by atoms with van der Waals surface area (Å²) in [5.74, 6) is 0.548. The van der Waals surface area contributed by atoms with Gasteiger partial charge in [0, 0.05) is 49.8 Å². The van der Waals surface area contributed by atoms with Gasteiger partial charge in [0.15, 0.2) is 0 Å². The van der Waals surface area contributed by atoms with Gasteiger partial charge in [0.2, 0.25) is 17.7 Å². The summed E-state index contributed by atoms with van der Waals surface area (Å²) in [6.07, 6.45) is 3.47. The minimum atomic E-state index is -0.354. The Morgan fingerprint density at radius 3 is 2.53 bits per heavy atom. The number of amides is 3. The number of likely N-dealkylation sites (tertiary alicyclic amines) is 1. The molecule has 2 saturated heterocycles. The fraction of sp³-hybridized carbons (Fsp3) is 0.609. The van der Waals surface area contributed by atoms with E-state index in [1.54, 1.807) is 12.0 Å². The van der Waals surface area contributed by atoms with E-state index in [0.717, 1.165) is 31.4 Å². The van der Waals surface area contributed by atoms with Crippen LogP contribution in [0.25, 0.3) is 0 Å². The van der Waals surface area contributed by atoms with Gasteiger partial charge in [-0.25, -0.2) is 0 Å². The van der Waals surface area contributed by atoms with Crippen LogP contribution < -0.4 is 15.0 Å². The molecule has 0 aromatic heterocycles. The van der Waals surface area contributed by atoms with E-state index >= 15 is 0 Å². The molecule has 2 fully saturated rings. The van der Waals surface area contributed by atoms with Gasteiger partial charge in [-0.3, -0.25) is 14.4 Å². The summed E-state index contributed by atoms with van der Waals surface area (Å²) in [6, 6.07) is 7.39. The lowest BCUT2D eigenvalue weighted by Gasteiger charge is -2.34. The third-order valence-electron chi connectivity index (χ3n) is 6.35. The molecule has 2 heterocycles. The zero-order valence-electron chi connectivity index (χ0n) is 18.2. The van der Waals surface area contributed by atoms with Crippen molar-refractivity contribution < 1.29 is 19.1 Å². The van der Waals surface area contributed by atoms with E-state index in [2.05, 4.69) is 19.2 Å². The smallest absolute Gasteiger partial charge is 0.227 e. The Hall–Kier alpha value is -2.57. The number of carbonyl (C=O) groups is 3. The predicted molar refractivity (Wildman–Crippen MR) is 115 cm³/mol. The van der Waals surface area contributed by atoms with Crippen molar-refractivity contribution in [2.45, 2.75) is 52.0 Å². The lowest BCUT2D eigenvalue weighted by Crippen LogP contribution is -2.49. The van der Waals surface area contributed by atoms with Gasteiger partial charge in [-0.1, -0.05) is 19.9 Å². The van der Waals surface area contributed by atoms with Gasteiger partial charge in [0.1, 0.15) is 5.75 Å². The Bertz CT molecular complexity index is 769. The average molecular weight is 416 g/mol. The highest BCUT2D eigenvalue weighted by Gasteiger charge is 2.36. The number of methoxy groups -OCH3 is 1. The van der Waals surface area contributed by atoms with E-state index in [4.69, 9.17) is 4.74 Å². The molecule has 0 aliphatic carbocycles. The molecule has 1 aromatic rings. The number of hydrogen-bond donors (Lipinski definition) is 1. The first-order valence-electron chi connectivity index (χ1n) is 11.0. The minimum Gasteiger partial charge on any atom is -0.497 e. The first-order chi connectivity index (χ1) is 14.5. The summed E-state index contributed by atoms with van der Waals surface area (Å²) in [6.45, 7) is 5.84. The number of nitrogens with one attached hydrogen (secondary N) is 1. The van der Waals surface area contributed by atoms with Crippen LogP contribution in [0.15, 0.2) is 24.3 Å². The molecule has 2 aliphatic rings. The van der Waals surface area contributed by atoms with Crippen molar-refractivity contribution >= 4 is 23.4 Å². The van der Waals surface area contributed by atoms with Crippen LogP contribution in [0.4, 0.5) is 5.69 Å². The van der Waals surface area contributed by atoms with E-state index < -0.39 is 0 Å². The fourth-order valence-corrected chi connectivity index (χ4v) is 4.37. The molecule has 1 atom stereocenters. The molecule has 30 heavy (non-hydrogen) atoms. The summed E-state index contributed by atoms with van der Waals surface area (Å²) in [5.41, 5.74) is 0.753. The summed E-state index contributed by atoms with van der Waals surface area (Å²) < 4.78 is 5.23. The number of carbonyl (C=O) groups excluding carboxylic acids is 3. The minimum absolute atomic E-state index is 0.0472. The number of benzene rings is 1. The van der Waals surface area contributed by atoms with Gasteiger partial charge in [0.05, 0.1) is 13.0 Å². The van der Waals surface area contributed by atoms with Crippen LogP contribution in [-0.2, 0) is 14.4 Å². The second kappa shape index (κ2) is 9.96. The normalized spacial score (nSPS) is 20.0. The zero-order chi connectivity index (χ0) is 21.7. The molecule has 3 rings (SSSR count). The van der Waals surface area contributed by atoms with Crippen LogP contribution >= 0.6 is 0 Å². The standard InChI is InChI=1S/C23H33N3O4/c1-4-16(5-2)23(29)25-11-9-18(10-12-25)24-22(28)17-13-21(27)26(15-17)19-7-6-8-20(14-19)30-3/h6-8,14,16-18H,4-5,9-13,15H2,1-3H3,(H,24,28). The molecule has 7 nitrogen and oxygen atoms in total. The highest BCUT2D eigenvalue weighted by Crippen LogP contribution is 2.28.